The number of amides is 1. The fourth-order valence-corrected chi connectivity index (χ4v) is 3.86. The van der Waals surface area contributed by atoms with E-state index in [1.54, 1.807) is 30.2 Å². The van der Waals surface area contributed by atoms with E-state index in [9.17, 15) is 18.0 Å². The van der Waals surface area contributed by atoms with Crippen molar-refractivity contribution in [2.24, 2.45) is 5.92 Å². The van der Waals surface area contributed by atoms with E-state index in [-0.39, 0.29) is 23.4 Å². The summed E-state index contributed by atoms with van der Waals surface area (Å²) in [5, 5.41) is 3.39. The first-order valence-electron chi connectivity index (χ1n) is 9.27. The summed E-state index contributed by atoms with van der Waals surface area (Å²) in [5.41, 5.74) is -0.113. The first-order chi connectivity index (χ1) is 14.2. The number of nitrogens with zero attached hydrogens (tertiary/aromatic N) is 2. The summed E-state index contributed by atoms with van der Waals surface area (Å²) in [6.07, 6.45) is -2.64. The minimum Gasteiger partial charge on any atom is -0.496 e. The van der Waals surface area contributed by atoms with Gasteiger partial charge in [-0.25, -0.2) is 4.98 Å². The van der Waals surface area contributed by atoms with Crippen LogP contribution in [0.25, 0.3) is 0 Å². The monoisotopic (exact) mass is 461 g/mol. The molecule has 0 saturated carbocycles. The van der Waals surface area contributed by atoms with Crippen molar-refractivity contribution in [3.05, 3.63) is 51.6 Å². The highest BCUT2D eigenvalue weighted by Crippen LogP contribution is 2.34. The molecule has 1 saturated heterocycles. The number of alkyl halides is 3. The fourth-order valence-electron chi connectivity index (χ4n) is 3.38. The van der Waals surface area contributed by atoms with Gasteiger partial charge in [0, 0.05) is 42.3 Å². The summed E-state index contributed by atoms with van der Waals surface area (Å²) in [6, 6.07) is 6.06. The number of carbonyl (C=O) groups excluding carboxylic acids is 1. The molecule has 1 amide bonds. The smallest absolute Gasteiger partial charge is 0.417 e. The SMILES string of the molecule is COc1ccc(Cl)cc1CNC(=O)C1CCN(c2ncc(C(F)(F)F)cc2Cl)CC1. The molecule has 1 fully saturated rings. The van der Waals surface area contributed by atoms with Crippen molar-refractivity contribution in [2.45, 2.75) is 25.6 Å². The van der Waals surface area contributed by atoms with Crippen LogP contribution in [-0.2, 0) is 17.5 Å². The molecule has 3 rings (SSSR count). The maximum absolute atomic E-state index is 12.8. The highest BCUT2D eigenvalue weighted by Gasteiger charge is 2.33. The lowest BCUT2D eigenvalue weighted by Crippen LogP contribution is -2.40. The molecule has 2 aromatic rings. The van der Waals surface area contributed by atoms with E-state index in [2.05, 4.69) is 10.3 Å². The number of nitrogens with one attached hydrogen (secondary N) is 1. The molecule has 162 valence electrons. The van der Waals surface area contributed by atoms with Gasteiger partial charge in [0.05, 0.1) is 17.7 Å². The molecule has 0 radical (unpaired) electrons. The Morgan fingerprint density at radius 3 is 2.57 bits per heavy atom. The van der Waals surface area contributed by atoms with Crippen LogP contribution in [-0.4, -0.2) is 31.1 Å². The van der Waals surface area contributed by atoms with Crippen molar-refractivity contribution >= 4 is 34.9 Å². The second kappa shape index (κ2) is 9.31. The lowest BCUT2D eigenvalue weighted by molar-refractivity contribution is -0.137. The molecule has 2 heterocycles. The third-order valence-electron chi connectivity index (χ3n) is 5.01. The number of piperidine rings is 1. The Morgan fingerprint density at radius 2 is 1.97 bits per heavy atom. The van der Waals surface area contributed by atoms with Crippen LogP contribution in [0.15, 0.2) is 30.5 Å². The number of hydrogen-bond acceptors (Lipinski definition) is 4. The highest BCUT2D eigenvalue weighted by molar-refractivity contribution is 6.33. The average Bonchev–Trinajstić information content (AvgIpc) is 2.71. The Hall–Kier alpha value is -2.19. The molecule has 0 unspecified atom stereocenters. The van der Waals surface area contributed by atoms with Crippen molar-refractivity contribution in [1.82, 2.24) is 10.3 Å². The van der Waals surface area contributed by atoms with Gasteiger partial charge in [0.1, 0.15) is 11.6 Å². The summed E-state index contributed by atoms with van der Waals surface area (Å²) in [7, 11) is 1.55. The first kappa shape index (κ1) is 22.5. The molecule has 1 N–H and O–H groups in total. The molecule has 30 heavy (non-hydrogen) atoms. The van der Waals surface area contributed by atoms with E-state index in [0.29, 0.717) is 42.5 Å². The van der Waals surface area contributed by atoms with Gasteiger partial charge >= 0.3 is 6.18 Å². The van der Waals surface area contributed by atoms with Crippen molar-refractivity contribution in [1.29, 1.82) is 0 Å². The molecule has 0 bridgehead atoms. The minimum absolute atomic E-state index is 0.0548. The third-order valence-corrected chi connectivity index (χ3v) is 5.52. The van der Waals surface area contributed by atoms with Gasteiger partial charge in [-0.3, -0.25) is 4.79 Å². The standard InChI is InChI=1S/C20H20Cl2F3N3O2/c1-30-17-3-2-15(21)8-13(17)10-27-19(29)12-4-6-28(7-5-12)18-16(22)9-14(11-26-18)20(23,24)25/h2-3,8-9,11-12H,4-7,10H2,1H3,(H,27,29). The van der Waals surface area contributed by atoms with Crippen LogP contribution in [0.2, 0.25) is 10.0 Å². The maximum Gasteiger partial charge on any atom is 0.417 e. The summed E-state index contributed by atoms with van der Waals surface area (Å²) in [6.45, 7) is 1.22. The molecule has 1 aliphatic heterocycles. The Morgan fingerprint density at radius 1 is 1.27 bits per heavy atom. The number of anilines is 1. The van der Waals surface area contributed by atoms with E-state index in [1.807, 2.05) is 0 Å². The molecule has 5 nitrogen and oxygen atoms in total. The zero-order chi connectivity index (χ0) is 21.9. The lowest BCUT2D eigenvalue weighted by atomic mass is 9.95. The zero-order valence-electron chi connectivity index (χ0n) is 16.1. The van der Waals surface area contributed by atoms with Gasteiger partial charge in [0.15, 0.2) is 0 Å². The Bertz CT molecular complexity index is 917. The number of pyridine rings is 1. The normalized spacial score (nSPS) is 15.2. The average molecular weight is 462 g/mol. The van der Waals surface area contributed by atoms with Gasteiger partial charge in [0.25, 0.3) is 0 Å². The molecule has 0 spiro atoms. The quantitative estimate of drug-likeness (QED) is 0.684. The Labute approximate surface area is 182 Å². The molecule has 0 atom stereocenters. The van der Waals surface area contributed by atoms with Gasteiger partial charge in [-0.05, 0) is 37.1 Å². The van der Waals surface area contributed by atoms with Crippen LogP contribution in [0.1, 0.15) is 24.0 Å². The van der Waals surface area contributed by atoms with Crippen molar-refractivity contribution < 1.29 is 22.7 Å². The number of ether oxygens (including phenoxy) is 1. The predicted molar refractivity (Wildman–Crippen MR) is 109 cm³/mol. The third kappa shape index (κ3) is 5.29. The number of hydrogen-bond donors (Lipinski definition) is 1. The molecular formula is C20H20Cl2F3N3O2. The van der Waals surface area contributed by atoms with Crippen LogP contribution < -0.4 is 15.0 Å². The van der Waals surface area contributed by atoms with E-state index >= 15 is 0 Å². The summed E-state index contributed by atoms with van der Waals surface area (Å²) >= 11 is 12.0. The summed E-state index contributed by atoms with van der Waals surface area (Å²) in [5.74, 6) is 0.632. The van der Waals surface area contributed by atoms with E-state index in [0.717, 1.165) is 17.8 Å². The van der Waals surface area contributed by atoms with Gasteiger partial charge in [-0.15, -0.1) is 0 Å². The van der Waals surface area contributed by atoms with Crippen molar-refractivity contribution in [3.63, 3.8) is 0 Å². The minimum atomic E-state index is -4.49. The van der Waals surface area contributed by atoms with Gasteiger partial charge in [0.2, 0.25) is 5.91 Å². The number of carbonyl (C=O) groups is 1. The van der Waals surface area contributed by atoms with Gasteiger partial charge in [-0.1, -0.05) is 23.2 Å². The van der Waals surface area contributed by atoms with E-state index in [1.165, 1.54) is 0 Å². The Kier molecular flexibility index (Phi) is 6.98. The summed E-state index contributed by atoms with van der Waals surface area (Å²) < 4.78 is 43.6. The van der Waals surface area contributed by atoms with Crippen molar-refractivity contribution in [2.75, 3.05) is 25.1 Å². The molecule has 1 aliphatic rings. The van der Waals surface area contributed by atoms with Crippen LogP contribution in [0.5, 0.6) is 5.75 Å². The molecule has 1 aromatic heterocycles. The highest BCUT2D eigenvalue weighted by atomic mass is 35.5. The topological polar surface area (TPSA) is 54.5 Å². The lowest BCUT2D eigenvalue weighted by Gasteiger charge is -2.32. The van der Waals surface area contributed by atoms with E-state index in [4.69, 9.17) is 27.9 Å². The van der Waals surface area contributed by atoms with Crippen LogP contribution in [0.4, 0.5) is 19.0 Å². The van der Waals surface area contributed by atoms with Gasteiger partial charge < -0.3 is 15.0 Å². The largest absolute Gasteiger partial charge is 0.496 e. The fraction of sp³-hybridized carbons (Fsp3) is 0.400. The second-order valence-electron chi connectivity index (χ2n) is 6.96. The van der Waals surface area contributed by atoms with Crippen LogP contribution in [0, 0.1) is 5.92 Å². The zero-order valence-corrected chi connectivity index (χ0v) is 17.6. The number of benzene rings is 1. The van der Waals surface area contributed by atoms with Crippen LogP contribution in [0.3, 0.4) is 0 Å². The van der Waals surface area contributed by atoms with E-state index < -0.39 is 11.7 Å². The predicted octanol–water partition coefficient (Wildman–Crippen LogP) is 4.95. The second-order valence-corrected chi connectivity index (χ2v) is 7.81. The number of halogens is 5. The molecule has 1 aromatic carbocycles. The summed E-state index contributed by atoms with van der Waals surface area (Å²) in [4.78, 5) is 18.2. The van der Waals surface area contributed by atoms with Crippen molar-refractivity contribution in [3.8, 4) is 5.75 Å². The Balaban J connectivity index is 1.57. The molecular weight excluding hydrogens is 442 g/mol. The van der Waals surface area contributed by atoms with Gasteiger partial charge in [-0.2, -0.15) is 13.2 Å². The van der Waals surface area contributed by atoms with Crippen LogP contribution >= 0.6 is 23.2 Å². The number of rotatable bonds is 5. The number of aromatic nitrogens is 1. The molecule has 0 aliphatic carbocycles. The molecule has 10 heteroatoms. The maximum atomic E-state index is 12.8. The number of methoxy groups -OCH3 is 1. The first-order valence-corrected chi connectivity index (χ1v) is 10.0.